The minimum Gasteiger partial charge on any atom is -0.403 e. The van der Waals surface area contributed by atoms with Crippen molar-refractivity contribution in [2.75, 3.05) is 5.73 Å². The number of nitrogens with two attached hydrogens (primary N) is 1. The molecule has 0 amide bonds. The highest BCUT2D eigenvalue weighted by molar-refractivity contribution is 5.63. The molecule has 0 unspecified atom stereocenters. The predicted molar refractivity (Wildman–Crippen MR) is 45.0 cm³/mol. The first-order valence-electron chi connectivity index (χ1n) is 3.98. The van der Waals surface area contributed by atoms with Crippen LogP contribution in [0.15, 0.2) is 6.20 Å². The quantitative estimate of drug-likeness (QED) is 0.821. The van der Waals surface area contributed by atoms with Gasteiger partial charge in [-0.1, -0.05) is 0 Å². The van der Waals surface area contributed by atoms with Crippen molar-refractivity contribution < 1.29 is 26.7 Å². The number of rotatable bonds is 2. The number of anilines is 1. The van der Waals surface area contributed by atoms with Crippen LogP contribution in [0.1, 0.15) is 17.7 Å². The van der Waals surface area contributed by atoms with E-state index in [1.807, 2.05) is 0 Å². The molecule has 0 saturated heterocycles. The van der Waals surface area contributed by atoms with Crippen molar-refractivity contribution in [3.05, 3.63) is 17.5 Å². The molecule has 0 aliphatic heterocycles. The maximum atomic E-state index is 12.4. The number of nitriles is 1. The van der Waals surface area contributed by atoms with E-state index in [2.05, 4.69) is 9.72 Å². The molecule has 0 fully saturated rings. The summed E-state index contributed by atoms with van der Waals surface area (Å²) in [6.07, 6.45) is -8.03. The molecule has 0 aromatic carbocycles. The summed E-state index contributed by atoms with van der Waals surface area (Å²) >= 11 is 0. The second-order valence-electron chi connectivity index (χ2n) is 2.77. The number of pyridine rings is 1. The summed E-state index contributed by atoms with van der Waals surface area (Å²) in [5.74, 6) is -1.29. The number of halogens is 5. The molecule has 0 bridgehead atoms. The lowest BCUT2D eigenvalue weighted by Crippen LogP contribution is -2.20. The van der Waals surface area contributed by atoms with Crippen LogP contribution in [0.25, 0.3) is 0 Å². The maximum Gasteiger partial charge on any atom is 0.573 e. The molecule has 0 saturated carbocycles. The Kier molecular flexibility index (Phi) is 3.36. The van der Waals surface area contributed by atoms with Gasteiger partial charge in [0.05, 0.1) is 5.56 Å². The molecule has 0 aliphatic rings. The largest absolute Gasteiger partial charge is 0.573 e. The van der Waals surface area contributed by atoms with Gasteiger partial charge < -0.3 is 10.5 Å². The Morgan fingerprint density at radius 2 is 2.00 bits per heavy atom. The monoisotopic (exact) mass is 253 g/mol. The molecule has 0 radical (unpaired) electrons. The Hall–Kier alpha value is -2.11. The molecule has 1 aromatic heterocycles. The molecule has 1 rings (SSSR count). The van der Waals surface area contributed by atoms with Crippen molar-refractivity contribution >= 4 is 5.69 Å². The molecule has 92 valence electrons. The number of hydrogen-bond acceptors (Lipinski definition) is 4. The van der Waals surface area contributed by atoms with Gasteiger partial charge in [-0.05, 0) is 0 Å². The van der Waals surface area contributed by atoms with Crippen molar-refractivity contribution in [3.8, 4) is 11.8 Å². The van der Waals surface area contributed by atoms with Crippen molar-refractivity contribution in [3.63, 3.8) is 0 Å². The highest BCUT2D eigenvalue weighted by Gasteiger charge is 2.35. The average Bonchev–Trinajstić information content (AvgIpc) is 2.18. The van der Waals surface area contributed by atoms with Gasteiger partial charge in [0.2, 0.25) is 0 Å². The fraction of sp³-hybridized carbons (Fsp3) is 0.250. The molecule has 0 atom stereocenters. The molecule has 2 N–H and O–H groups in total. The fourth-order valence-corrected chi connectivity index (χ4v) is 0.999. The SMILES string of the molecule is N#Cc1ncc(C(F)F)c(OC(F)(F)F)c1N. The van der Waals surface area contributed by atoms with E-state index in [9.17, 15) is 22.0 Å². The topological polar surface area (TPSA) is 71.9 Å². The van der Waals surface area contributed by atoms with Gasteiger partial charge in [0, 0.05) is 6.20 Å². The lowest BCUT2D eigenvalue weighted by Gasteiger charge is -2.14. The average molecular weight is 253 g/mol. The molecular formula is C8H4F5N3O. The molecule has 0 aliphatic carbocycles. The van der Waals surface area contributed by atoms with E-state index < -0.39 is 35.5 Å². The summed E-state index contributed by atoms with van der Waals surface area (Å²) in [5, 5.41) is 8.45. The van der Waals surface area contributed by atoms with E-state index in [1.54, 1.807) is 0 Å². The Balaban J connectivity index is 3.36. The molecule has 1 aromatic rings. The number of ether oxygens (including phenoxy) is 1. The third-order valence-electron chi connectivity index (χ3n) is 1.65. The number of nitrogen functional groups attached to an aromatic ring is 1. The molecule has 4 nitrogen and oxygen atoms in total. The van der Waals surface area contributed by atoms with Crippen LogP contribution in [0, 0.1) is 11.3 Å². The van der Waals surface area contributed by atoms with E-state index in [0.717, 1.165) is 0 Å². The van der Waals surface area contributed by atoms with E-state index in [-0.39, 0.29) is 0 Å². The van der Waals surface area contributed by atoms with Gasteiger partial charge in [0.1, 0.15) is 11.8 Å². The lowest BCUT2D eigenvalue weighted by molar-refractivity contribution is -0.274. The minimum absolute atomic E-state index is 0.417. The van der Waals surface area contributed by atoms with E-state index in [4.69, 9.17) is 11.0 Å². The second kappa shape index (κ2) is 4.40. The van der Waals surface area contributed by atoms with E-state index in [1.165, 1.54) is 6.07 Å². The van der Waals surface area contributed by atoms with Gasteiger partial charge >= 0.3 is 6.36 Å². The summed E-state index contributed by atoms with van der Waals surface area (Å²) in [7, 11) is 0. The van der Waals surface area contributed by atoms with Gasteiger partial charge in [0.25, 0.3) is 6.43 Å². The van der Waals surface area contributed by atoms with Crippen molar-refractivity contribution in [2.24, 2.45) is 0 Å². The van der Waals surface area contributed by atoms with Crippen molar-refractivity contribution in [1.29, 1.82) is 5.26 Å². The Morgan fingerprint density at radius 1 is 1.41 bits per heavy atom. The second-order valence-corrected chi connectivity index (χ2v) is 2.77. The first kappa shape index (κ1) is 13.0. The predicted octanol–water partition coefficient (Wildman–Crippen LogP) is 2.37. The fourth-order valence-electron chi connectivity index (χ4n) is 0.999. The number of nitrogens with zero attached hydrogens (tertiary/aromatic N) is 2. The Bertz CT molecular complexity index is 465. The normalized spacial score (nSPS) is 11.4. The Labute approximate surface area is 91.4 Å². The van der Waals surface area contributed by atoms with Crippen molar-refractivity contribution in [2.45, 2.75) is 12.8 Å². The molecule has 0 spiro atoms. The zero-order chi connectivity index (χ0) is 13.2. The van der Waals surface area contributed by atoms with Gasteiger partial charge in [-0.3, -0.25) is 0 Å². The third-order valence-corrected chi connectivity index (χ3v) is 1.65. The highest BCUT2D eigenvalue weighted by Crippen LogP contribution is 2.37. The standard InChI is InChI=1S/C8H4F5N3O/c9-7(10)3-2-16-4(1-14)5(15)6(3)17-8(11,12)13/h2,7H,15H2. The van der Waals surface area contributed by atoms with Crippen LogP contribution in [0.2, 0.25) is 0 Å². The molecule has 9 heteroatoms. The van der Waals surface area contributed by atoms with Crippen molar-refractivity contribution in [1.82, 2.24) is 4.98 Å². The zero-order valence-electron chi connectivity index (χ0n) is 7.92. The van der Waals surface area contributed by atoms with Crippen LogP contribution in [0.5, 0.6) is 5.75 Å². The number of aromatic nitrogens is 1. The first-order chi connectivity index (χ1) is 7.76. The summed E-state index contributed by atoms with van der Waals surface area (Å²) in [6.45, 7) is 0. The molecule has 1 heterocycles. The molecular weight excluding hydrogens is 249 g/mol. The maximum absolute atomic E-state index is 12.4. The summed E-state index contributed by atoms with van der Waals surface area (Å²) < 4.78 is 64.1. The van der Waals surface area contributed by atoms with E-state index in [0.29, 0.717) is 6.20 Å². The van der Waals surface area contributed by atoms with Gasteiger partial charge in [-0.25, -0.2) is 13.8 Å². The van der Waals surface area contributed by atoms with E-state index >= 15 is 0 Å². The van der Waals surface area contributed by atoms with Gasteiger partial charge in [-0.2, -0.15) is 5.26 Å². The van der Waals surface area contributed by atoms with Gasteiger partial charge in [0.15, 0.2) is 11.4 Å². The lowest BCUT2D eigenvalue weighted by atomic mass is 10.2. The highest BCUT2D eigenvalue weighted by atomic mass is 19.4. The van der Waals surface area contributed by atoms with Gasteiger partial charge in [-0.15, -0.1) is 13.2 Å². The third kappa shape index (κ3) is 2.93. The van der Waals surface area contributed by atoms with Crippen LogP contribution >= 0.6 is 0 Å². The van der Waals surface area contributed by atoms with Crippen LogP contribution < -0.4 is 10.5 Å². The minimum atomic E-state index is -5.19. The molecule has 17 heavy (non-hydrogen) atoms. The van der Waals surface area contributed by atoms with Crippen LogP contribution in [0.4, 0.5) is 27.6 Å². The smallest absolute Gasteiger partial charge is 0.403 e. The summed E-state index contributed by atoms with van der Waals surface area (Å²) in [5.41, 5.74) is 2.48. The van der Waals surface area contributed by atoms with Crippen LogP contribution in [-0.4, -0.2) is 11.3 Å². The zero-order valence-corrected chi connectivity index (χ0v) is 7.92. The van der Waals surface area contributed by atoms with Crippen LogP contribution in [-0.2, 0) is 0 Å². The number of alkyl halides is 5. The Morgan fingerprint density at radius 3 is 2.41 bits per heavy atom. The van der Waals surface area contributed by atoms with Crippen LogP contribution in [0.3, 0.4) is 0 Å². The summed E-state index contributed by atoms with van der Waals surface area (Å²) in [4.78, 5) is 3.20. The first-order valence-corrected chi connectivity index (χ1v) is 3.98. The number of hydrogen-bond donors (Lipinski definition) is 1. The summed E-state index contributed by atoms with van der Waals surface area (Å²) in [6, 6.07) is 1.36.